The van der Waals surface area contributed by atoms with Gasteiger partial charge in [0.25, 0.3) is 5.97 Å². The Morgan fingerprint density at radius 2 is 2.08 bits per heavy atom. The quantitative estimate of drug-likeness (QED) is 0.279. The Kier molecular flexibility index (Phi) is 6.15. The molecular formula is C3H11NO7P2. The lowest BCUT2D eigenvalue weighted by Gasteiger charge is -2.25. The highest BCUT2D eigenvalue weighted by molar-refractivity contribution is 7.39. The summed E-state index contributed by atoms with van der Waals surface area (Å²) in [5.74, 6) is -2.52. The van der Waals surface area contributed by atoms with E-state index in [9.17, 15) is 9.67 Å². The molecule has 0 spiro atoms. The van der Waals surface area contributed by atoms with E-state index < -0.39 is 22.8 Å². The second kappa shape index (κ2) is 5.98. The first-order valence-electron chi connectivity index (χ1n) is 3.11. The van der Waals surface area contributed by atoms with Gasteiger partial charge >= 0.3 is 16.9 Å². The summed E-state index contributed by atoms with van der Waals surface area (Å²) in [6, 6.07) is 0. The minimum atomic E-state index is -3.45. The zero-order chi connectivity index (χ0) is 10.5. The Morgan fingerprint density at radius 1 is 1.54 bits per heavy atom. The first-order chi connectivity index (χ1) is 5.89. The molecule has 10 heteroatoms. The predicted octanol–water partition coefficient (Wildman–Crippen LogP) is -1.39. The maximum absolute atomic E-state index is 10.2. The summed E-state index contributed by atoms with van der Waals surface area (Å²) in [6.07, 6.45) is -0.357. The number of hydrogen-bond donors (Lipinski definition) is 5. The van der Waals surface area contributed by atoms with E-state index in [-0.39, 0.29) is 13.0 Å². The van der Waals surface area contributed by atoms with Crippen molar-refractivity contribution in [1.82, 2.24) is 0 Å². The van der Waals surface area contributed by atoms with Gasteiger partial charge in [-0.25, -0.2) is 0 Å². The molecule has 6 N–H and O–H groups in total. The van der Waals surface area contributed by atoms with Crippen LogP contribution in [0.1, 0.15) is 6.42 Å². The van der Waals surface area contributed by atoms with E-state index >= 15 is 0 Å². The van der Waals surface area contributed by atoms with Crippen molar-refractivity contribution in [3.63, 3.8) is 0 Å². The maximum Gasteiger partial charge on any atom is 0.331 e. The molecule has 0 radical (unpaired) electrons. The molecule has 0 aromatic carbocycles. The summed E-state index contributed by atoms with van der Waals surface area (Å²) < 4.78 is 18.3. The lowest BCUT2D eigenvalue weighted by Crippen LogP contribution is -2.34. The maximum atomic E-state index is 10.2. The van der Waals surface area contributed by atoms with Crippen LogP contribution in [0.3, 0.4) is 0 Å². The van der Waals surface area contributed by atoms with E-state index in [4.69, 9.17) is 20.4 Å². The second-order valence-corrected chi connectivity index (χ2v) is 3.39. The van der Waals surface area contributed by atoms with Gasteiger partial charge in [0.1, 0.15) is 0 Å². The van der Waals surface area contributed by atoms with Crippen LogP contribution in [0.2, 0.25) is 0 Å². The van der Waals surface area contributed by atoms with Crippen molar-refractivity contribution in [1.29, 1.82) is 0 Å². The zero-order valence-corrected chi connectivity index (χ0v) is 8.35. The highest BCUT2D eigenvalue weighted by Crippen LogP contribution is 2.37. The third kappa shape index (κ3) is 6.45. The third-order valence-electron chi connectivity index (χ3n) is 0.931. The second-order valence-electron chi connectivity index (χ2n) is 1.96. The van der Waals surface area contributed by atoms with E-state index in [2.05, 4.69) is 9.05 Å². The van der Waals surface area contributed by atoms with Crippen molar-refractivity contribution < 1.29 is 33.4 Å². The van der Waals surface area contributed by atoms with E-state index in [1.165, 1.54) is 0 Å². The molecular weight excluding hydrogens is 224 g/mol. The van der Waals surface area contributed by atoms with Crippen molar-refractivity contribution in [2.24, 2.45) is 5.73 Å². The standard InChI is InChI=1S/C3H11NO7P2/c4-2-1-3(5,10-12(6)7)11-13(8)9/h5-7,13H,1-2,4H2,(H,8,9). The summed E-state index contributed by atoms with van der Waals surface area (Å²) in [4.78, 5) is 25.1. The lowest BCUT2D eigenvalue weighted by molar-refractivity contribution is -0.277. The molecule has 13 heavy (non-hydrogen) atoms. The molecule has 0 aromatic heterocycles. The van der Waals surface area contributed by atoms with Crippen molar-refractivity contribution in [3.05, 3.63) is 0 Å². The molecule has 0 rings (SSSR count). The van der Waals surface area contributed by atoms with Gasteiger partial charge in [-0.1, -0.05) is 0 Å². The van der Waals surface area contributed by atoms with Gasteiger partial charge in [-0.3, -0.25) is 13.6 Å². The number of rotatable bonds is 6. The van der Waals surface area contributed by atoms with Crippen molar-refractivity contribution in [3.8, 4) is 0 Å². The van der Waals surface area contributed by atoms with Gasteiger partial charge in [0, 0.05) is 13.0 Å². The summed E-state index contributed by atoms with van der Waals surface area (Å²) >= 11 is 0. The molecule has 0 aromatic rings. The fourth-order valence-electron chi connectivity index (χ4n) is 0.562. The van der Waals surface area contributed by atoms with Crippen LogP contribution in [0.15, 0.2) is 0 Å². The first kappa shape index (κ1) is 13.4. The van der Waals surface area contributed by atoms with E-state index in [1.54, 1.807) is 0 Å². The summed E-state index contributed by atoms with van der Waals surface area (Å²) in [5.41, 5.74) is 5.02. The normalized spacial score (nSPS) is 18.6. The minimum absolute atomic E-state index is 0.116. The van der Waals surface area contributed by atoms with Crippen LogP contribution >= 0.6 is 16.9 Å². The largest absolute Gasteiger partial charge is 0.343 e. The Bertz CT molecular complexity index is 177. The van der Waals surface area contributed by atoms with Crippen LogP contribution < -0.4 is 5.73 Å². The number of aliphatic hydroxyl groups is 1. The van der Waals surface area contributed by atoms with Crippen LogP contribution in [-0.2, 0) is 13.6 Å². The van der Waals surface area contributed by atoms with Gasteiger partial charge in [0.05, 0.1) is 0 Å². The van der Waals surface area contributed by atoms with Crippen molar-refractivity contribution >= 4 is 16.9 Å². The molecule has 2 atom stereocenters. The van der Waals surface area contributed by atoms with E-state index in [0.29, 0.717) is 0 Å². The molecule has 0 aliphatic carbocycles. The van der Waals surface area contributed by atoms with Crippen molar-refractivity contribution in [2.75, 3.05) is 6.54 Å². The molecule has 0 saturated heterocycles. The van der Waals surface area contributed by atoms with Gasteiger partial charge in [-0.05, 0) is 0 Å². The van der Waals surface area contributed by atoms with Gasteiger partial charge < -0.3 is 25.5 Å². The van der Waals surface area contributed by atoms with Crippen LogP contribution in [-0.4, -0.2) is 32.3 Å². The fourth-order valence-corrected chi connectivity index (χ4v) is 1.43. The Labute approximate surface area is 75.9 Å². The highest BCUT2D eigenvalue weighted by Gasteiger charge is 2.33. The van der Waals surface area contributed by atoms with Crippen LogP contribution in [0.4, 0.5) is 0 Å². The smallest absolute Gasteiger partial charge is 0.331 e. The van der Waals surface area contributed by atoms with E-state index in [0.717, 1.165) is 0 Å². The molecule has 0 aliphatic heterocycles. The average Bonchev–Trinajstić information content (AvgIpc) is 1.81. The molecule has 0 saturated carbocycles. The summed E-state index contributed by atoms with van der Waals surface area (Å²) in [6.45, 7) is -0.116. The number of nitrogens with two attached hydrogens (primary N) is 1. The van der Waals surface area contributed by atoms with Crippen LogP contribution in [0.5, 0.6) is 0 Å². The Balaban J connectivity index is 4.23. The minimum Gasteiger partial charge on any atom is -0.343 e. The molecule has 80 valence electrons. The number of hydrogen-bond acceptors (Lipinski definition) is 7. The first-order valence-corrected chi connectivity index (χ1v) is 5.54. The van der Waals surface area contributed by atoms with Crippen LogP contribution in [0, 0.1) is 0 Å². The summed E-state index contributed by atoms with van der Waals surface area (Å²) in [5, 5.41) is 9.19. The molecule has 0 amide bonds. The molecule has 0 heterocycles. The SMILES string of the molecule is NCCC(O)(OP(O)O)O[PH](=O)O. The topological polar surface area (TPSA) is 142 Å². The molecule has 0 bridgehead atoms. The molecule has 2 unspecified atom stereocenters. The van der Waals surface area contributed by atoms with Gasteiger partial charge in [-0.2, -0.15) is 0 Å². The monoisotopic (exact) mass is 235 g/mol. The Hall–Kier alpha value is 0.380. The molecule has 0 fully saturated rings. The summed E-state index contributed by atoms with van der Waals surface area (Å²) in [7, 11) is -6.35. The zero-order valence-electron chi connectivity index (χ0n) is 6.45. The average molecular weight is 235 g/mol. The Morgan fingerprint density at radius 3 is 2.38 bits per heavy atom. The van der Waals surface area contributed by atoms with Gasteiger partial charge in [0.2, 0.25) is 0 Å². The fraction of sp³-hybridized carbons (Fsp3) is 1.00. The highest BCUT2D eigenvalue weighted by atomic mass is 31.2. The van der Waals surface area contributed by atoms with Gasteiger partial charge in [0.15, 0.2) is 0 Å². The van der Waals surface area contributed by atoms with Crippen molar-refractivity contribution in [2.45, 2.75) is 12.4 Å². The third-order valence-corrected chi connectivity index (χ3v) is 1.87. The van der Waals surface area contributed by atoms with Gasteiger partial charge in [-0.15, -0.1) is 0 Å². The van der Waals surface area contributed by atoms with E-state index in [1.807, 2.05) is 0 Å². The lowest BCUT2D eigenvalue weighted by atomic mass is 10.4. The molecule has 0 aliphatic rings. The van der Waals surface area contributed by atoms with Crippen LogP contribution in [0.25, 0.3) is 0 Å². The predicted molar refractivity (Wildman–Crippen MR) is 43.4 cm³/mol. The molecule has 8 nitrogen and oxygen atoms in total.